The second-order valence-corrected chi connectivity index (χ2v) is 6.17. The Morgan fingerprint density at radius 3 is 2.46 bits per heavy atom. The van der Waals surface area contributed by atoms with Crippen LogP contribution in [-0.4, -0.2) is 35.0 Å². The van der Waals surface area contributed by atoms with Crippen molar-refractivity contribution in [2.75, 3.05) is 18.4 Å². The number of aromatic nitrogens is 2. The van der Waals surface area contributed by atoms with Crippen LogP contribution in [0.5, 0.6) is 0 Å². The molecule has 1 unspecified atom stereocenters. The van der Waals surface area contributed by atoms with Gasteiger partial charge in [-0.05, 0) is 24.1 Å². The summed E-state index contributed by atoms with van der Waals surface area (Å²) >= 11 is 0. The molecule has 0 radical (unpaired) electrons. The molecule has 6 nitrogen and oxygen atoms in total. The highest BCUT2D eigenvalue weighted by Gasteiger charge is 2.10. The van der Waals surface area contributed by atoms with E-state index in [9.17, 15) is 4.79 Å². The van der Waals surface area contributed by atoms with E-state index in [1.165, 1.54) is 6.33 Å². The first kappa shape index (κ1) is 23.6. The third-order valence-electron chi connectivity index (χ3n) is 4.07. The molecule has 0 aliphatic rings. The summed E-state index contributed by atoms with van der Waals surface area (Å²) in [5.41, 5.74) is 8.10. The Kier molecular flexibility index (Phi) is 10.2. The third kappa shape index (κ3) is 6.96. The van der Waals surface area contributed by atoms with Gasteiger partial charge in [0.05, 0.1) is 5.52 Å². The zero-order chi connectivity index (χ0) is 18.2. The van der Waals surface area contributed by atoms with Gasteiger partial charge in [-0.15, -0.1) is 24.8 Å². The van der Waals surface area contributed by atoms with Crippen LogP contribution in [0.2, 0.25) is 0 Å². The molecule has 1 amide bonds. The van der Waals surface area contributed by atoms with Gasteiger partial charge in [-0.3, -0.25) is 4.79 Å². The SMILES string of the molecule is Cl.Cl.NC(CC(=O)NCCNc1ncnc2ccccc12)Cc1ccccc1. The summed E-state index contributed by atoms with van der Waals surface area (Å²) < 4.78 is 0. The summed E-state index contributed by atoms with van der Waals surface area (Å²) in [6, 6.07) is 17.6. The Labute approximate surface area is 177 Å². The number of amides is 1. The van der Waals surface area contributed by atoms with Crippen molar-refractivity contribution in [2.45, 2.75) is 18.9 Å². The van der Waals surface area contributed by atoms with Gasteiger partial charge in [0.15, 0.2) is 0 Å². The van der Waals surface area contributed by atoms with E-state index < -0.39 is 0 Å². The van der Waals surface area contributed by atoms with Crippen molar-refractivity contribution in [1.82, 2.24) is 15.3 Å². The van der Waals surface area contributed by atoms with Gasteiger partial charge < -0.3 is 16.4 Å². The highest BCUT2D eigenvalue weighted by atomic mass is 35.5. The first-order chi connectivity index (χ1) is 12.7. The van der Waals surface area contributed by atoms with E-state index in [-0.39, 0.29) is 36.8 Å². The molecule has 0 spiro atoms. The van der Waals surface area contributed by atoms with Gasteiger partial charge in [-0.1, -0.05) is 42.5 Å². The Bertz CT molecular complexity index is 858. The standard InChI is InChI=1S/C20H23N5O.2ClH/c21-16(12-15-6-2-1-3-7-15)13-19(26)22-10-11-23-20-17-8-4-5-9-18(17)24-14-25-20;;/h1-9,14,16H,10-13,21H2,(H,22,26)(H,23,24,25);2*1H. The predicted octanol–water partition coefficient (Wildman–Crippen LogP) is 2.96. The fourth-order valence-electron chi connectivity index (χ4n) is 2.83. The number of hydrogen-bond acceptors (Lipinski definition) is 5. The lowest BCUT2D eigenvalue weighted by Gasteiger charge is -2.12. The number of benzene rings is 2. The van der Waals surface area contributed by atoms with Gasteiger partial charge in [0.25, 0.3) is 0 Å². The molecule has 2 aromatic carbocycles. The van der Waals surface area contributed by atoms with Crippen LogP contribution in [0, 0.1) is 0 Å². The summed E-state index contributed by atoms with van der Waals surface area (Å²) in [4.78, 5) is 20.5. The number of halogens is 2. The molecule has 0 aliphatic carbocycles. The highest BCUT2D eigenvalue weighted by Crippen LogP contribution is 2.17. The van der Waals surface area contributed by atoms with Gasteiger partial charge in [-0.2, -0.15) is 0 Å². The summed E-state index contributed by atoms with van der Waals surface area (Å²) in [6.45, 7) is 1.09. The van der Waals surface area contributed by atoms with Crippen molar-refractivity contribution in [3.05, 3.63) is 66.5 Å². The third-order valence-corrected chi connectivity index (χ3v) is 4.07. The molecular formula is C20H25Cl2N5O. The summed E-state index contributed by atoms with van der Waals surface area (Å²) in [5.74, 6) is 0.730. The van der Waals surface area contributed by atoms with Crippen LogP contribution in [0.3, 0.4) is 0 Å². The molecule has 1 aromatic heterocycles. The molecule has 8 heteroatoms. The molecule has 150 valence electrons. The van der Waals surface area contributed by atoms with Gasteiger partial charge in [-0.25, -0.2) is 9.97 Å². The number of nitrogens with two attached hydrogens (primary N) is 1. The van der Waals surface area contributed by atoms with Gasteiger partial charge in [0.1, 0.15) is 12.1 Å². The highest BCUT2D eigenvalue weighted by molar-refractivity contribution is 5.88. The predicted molar refractivity (Wildman–Crippen MR) is 118 cm³/mol. The van der Waals surface area contributed by atoms with Crippen LogP contribution in [-0.2, 0) is 11.2 Å². The maximum atomic E-state index is 12.0. The molecule has 0 saturated carbocycles. The monoisotopic (exact) mass is 421 g/mol. The second kappa shape index (κ2) is 12.1. The fourth-order valence-corrected chi connectivity index (χ4v) is 2.83. The Balaban J connectivity index is 0.00000196. The Morgan fingerprint density at radius 2 is 1.68 bits per heavy atom. The molecule has 0 aliphatic heterocycles. The number of fused-ring (bicyclic) bond motifs is 1. The molecule has 1 atom stereocenters. The quantitative estimate of drug-likeness (QED) is 0.486. The molecule has 3 rings (SSSR count). The number of anilines is 1. The van der Waals surface area contributed by atoms with E-state index in [1.807, 2.05) is 54.6 Å². The number of nitrogens with one attached hydrogen (secondary N) is 2. The number of nitrogens with zero attached hydrogens (tertiary/aromatic N) is 2. The zero-order valence-electron chi connectivity index (χ0n) is 15.4. The van der Waals surface area contributed by atoms with Crippen LogP contribution in [0.1, 0.15) is 12.0 Å². The molecule has 0 saturated heterocycles. The average Bonchev–Trinajstić information content (AvgIpc) is 2.66. The van der Waals surface area contributed by atoms with E-state index in [0.717, 1.165) is 22.3 Å². The minimum atomic E-state index is -0.184. The molecule has 4 N–H and O–H groups in total. The first-order valence-electron chi connectivity index (χ1n) is 8.72. The van der Waals surface area contributed by atoms with Crippen molar-refractivity contribution < 1.29 is 4.79 Å². The van der Waals surface area contributed by atoms with Crippen molar-refractivity contribution in [1.29, 1.82) is 0 Å². The molecule has 28 heavy (non-hydrogen) atoms. The fraction of sp³-hybridized carbons (Fsp3) is 0.250. The van der Waals surface area contributed by atoms with E-state index >= 15 is 0 Å². The first-order valence-corrected chi connectivity index (χ1v) is 8.72. The topological polar surface area (TPSA) is 92.9 Å². The van der Waals surface area contributed by atoms with E-state index in [4.69, 9.17) is 5.73 Å². The van der Waals surface area contributed by atoms with Gasteiger partial charge >= 0.3 is 0 Å². The average molecular weight is 422 g/mol. The van der Waals surface area contributed by atoms with E-state index in [1.54, 1.807) is 0 Å². The number of para-hydroxylation sites is 1. The zero-order valence-corrected chi connectivity index (χ0v) is 17.0. The van der Waals surface area contributed by atoms with E-state index in [0.29, 0.717) is 25.9 Å². The van der Waals surface area contributed by atoms with Crippen LogP contribution >= 0.6 is 24.8 Å². The molecule has 1 heterocycles. The number of hydrogen-bond donors (Lipinski definition) is 3. The van der Waals surface area contributed by atoms with Gasteiger partial charge in [0.2, 0.25) is 5.91 Å². The van der Waals surface area contributed by atoms with Crippen LogP contribution < -0.4 is 16.4 Å². The molecular weight excluding hydrogens is 397 g/mol. The Morgan fingerprint density at radius 1 is 0.964 bits per heavy atom. The largest absolute Gasteiger partial charge is 0.368 e. The molecule has 0 bridgehead atoms. The maximum Gasteiger partial charge on any atom is 0.221 e. The minimum Gasteiger partial charge on any atom is -0.368 e. The van der Waals surface area contributed by atoms with Crippen molar-refractivity contribution in [3.8, 4) is 0 Å². The molecule has 3 aromatic rings. The Hall–Kier alpha value is -2.41. The van der Waals surface area contributed by atoms with Crippen molar-refractivity contribution >= 4 is 47.4 Å². The normalized spacial score (nSPS) is 11.0. The number of rotatable bonds is 8. The summed E-state index contributed by atoms with van der Waals surface area (Å²) in [5, 5.41) is 7.10. The summed E-state index contributed by atoms with van der Waals surface area (Å²) in [6.07, 6.45) is 2.54. The molecule has 0 fully saturated rings. The van der Waals surface area contributed by atoms with Crippen molar-refractivity contribution in [2.24, 2.45) is 5.73 Å². The van der Waals surface area contributed by atoms with E-state index in [2.05, 4.69) is 20.6 Å². The van der Waals surface area contributed by atoms with Crippen LogP contribution in [0.15, 0.2) is 60.9 Å². The lowest BCUT2D eigenvalue weighted by atomic mass is 10.0. The lowest BCUT2D eigenvalue weighted by Crippen LogP contribution is -2.35. The number of carbonyl (C=O) groups excluding carboxylic acids is 1. The minimum absolute atomic E-state index is 0. The van der Waals surface area contributed by atoms with Crippen molar-refractivity contribution in [3.63, 3.8) is 0 Å². The van der Waals surface area contributed by atoms with Crippen LogP contribution in [0.25, 0.3) is 10.9 Å². The maximum absolute atomic E-state index is 12.0. The second-order valence-electron chi connectivity index (χ2n) is 6.17. The smallest absolute Gasteiger partial charge is 0.221 e. The summed E-state index contributed by atoms with van der Waals surface area (Å²) in [7, 11) is 0. The van der Waals surface area contributed by atoms with Gasteiger partial charge in [0, 0.05) is 30.9 Å². The number of carbonyl (C=O) groups is 1. The lowest BCUT2D eigenvalue weighted by molar-refractivity contribution is -0.121. The van der Waals surface area contributed by atoms with Crippen LogP contribution in [0.4, 0.5) is 5.82 Å².